The first-order valence-corrected chi connectivity index (χ1v) is 8.04. The molecule has 2 rings (SSSR count). The fourth-order valence-electron chi connectivity index (χ4n) is 1.61. The van der Waals surface area contributed by atoms with Gasteiger partial charge in [0.1, 0.15) is 11.3 Å². The molecule has 22 heavy (non-hydrogen) atoms. The van der Waals surface area contributed by atoms with Gasteiger partial charge in [0.2, 0.25) is 0 Å². The van der Waals surface area contributed by atoms with Crippen molar-refractivity contribution >= 4 is 56.1 Å². The van der Waals surface area contributed by atoms with E-state index in [4.69, 9.17) is 4.74 Å². The zero-order valence-electron chi connectivity index (χ0n) is 11.2. The number of benzene rings is 2. The van der Waals surface area contributed by atoms with Crippen molar-refractivity contribution in [1.82, 2.24) is 0 Å². The van der Waals surface area contributed by atoms with E-state index in [1.165, 1.54) is 12.1 Å². The molecule has 0 saturated carbocycles. The highest BCUT2D eigenvalue weighted by atomic mass is 127. The number of halogens is 2. The third kappa shape index (κ3) is 4.70. The minimum Gasteiger partial charge on any atom is -0.507 e. The number of hydrogen-bond donors (Lipinski definition) is 2. The first-order chi connectivity index (χ1) is 10.5. The second-order valence-corrected chi connectivity index (χ2v) is 6.45. The van der Waals surface area contributed by atoms with Gasteiger partial charge < -0.3 is 15.2 Å². The zero-order chi connectivity index (χ0) is 16.1. The molecule has 0 bridgehead atoms. The molecule has 0 aliphatic rings. The molecule has 0 aromatic heterocycles. The average molecular weight is 476 g/mol. The lowest BCUT2D eigenvalue weighted by atomic mass is 10.2. The first kappa shape index (κ1) is 16.8. The number of carbonyl (C=O) groups excluding carboxylic acids is 2. The number of amides is 1. The number of nitrogens with one attached hydrogen (secondary N) is 1. The van der Waals surface area contributed by atoms with Gasteiger partial charge in [0, 0.05) is 13.7 Å². The lowest BCUT2D eigenvalue weighted by molar-refractivity contribution is -0.119. The topological polar surface area (TPSA) is 75.6 Å². The van der Waals surface area contributed by atoms with Gasteiger partial charge in [0.05, 0.1) is 0 Å². The Hall–Kier alpha value is -1.61. The van der Waals surface area contributed by atoms with Gasteiger partial charge in [-0.25, -0.2) is 4.79 Å². The number of ether oxygens (including phenoxy) is 1. The fraction of sp³-hybridized carbons (Fsp3) is 0.0667. The summed E-state index contributed by atoms with van der Waals surface area (Å²) < 4.78 is 6.56. The number of aromatic hydroxyl groups is 1. The van der Waals surface area contributed by atoms with Crippen molar-refractivity contribution in [1.29, 1.82) is 0 Å². The summed E-state index contributed by atoms with van der Waals surface area (Å²) in [6.07, 6.45) is 0. The van der Waals surface area contributed by atoms with Crippen LogP contribution in [-0.4, -0.2) is 23.6 Å². The SMILES string of the molecule is O=C(COC(=O)c1cc(Br)ccc1O)Nc1ccc(I)cc1. The standard InChI is InChI=1S/C15H11BrINO4/c16-9-1-6-13(19)12(7-9)15(21)22-8-14(20)18-11-4-2-10(17)3-5-11/h1-7,19H,8H2,(H,18,20). The summed E-state index contributed by atoms with van der Waals surface area (Å²) in [5, 5.41) is 12.2. The summed E-state index contributed by atoms with van der Waals surface area (Å²) >= 11 is 5.35. The van der Waals surface area contributed by atoms with E-state index < -0.39 is 18.5 Å². The summed E-state index contributed by atoms with van der Waals surface area (Å²) in [4.78, 5) is 23.6. The fourth-order valence-corrected chi connectivity index (χ4v) is 2.33. The number of phenols is 1. The van der Waals surface area contributed by atoms with Crippen molar-refractivity contribution in [3.8, 4) is 5.75 Å². The molecular weight excluding hydrogens is 465 g/mol. The molecule has 0 radical (unpaired) electrons. The van der Waals surface area contributed by atoms with Gasteiger partial charge in [-0.2, -0.15) is 0 Å². The molecule has 2 aromatic rings. The summed E-state index contributed by atoms with van der Waals surface area (Å²) in [6.45, 7) is -0.434. The van der Waals surface area contributed by atoms with Gasteiger partial charge >= 0.3 is 5.97 Å². The number of carbonyl (C=O) groups is 2. The van der Waals surface area contributed by atoms with E-state index in [0.717, 1.165) is 3.57 Å². The summed E-state index contributed by atoms with van der Waals surface area (Å²) in [5.41, 5.74) is 0.614. The third-order valence-electron chi connectivity index (χ3n) is 2.64. The van der Waals surface area contributed by atoms with Gasteiger partial charge in [-0.05, 0) is 65.1 Å². The van der Waals surface area contributed by atoms with Gasteiger partial charge in [0.15, 0.2) is 6.61 Å². The molecule has 7 heteroatoms. The Morgan fingerprint density at radius 3 is 2.55 bits per heavy atom. The van der Waals surface area contributed by atoms with E-state index >= 15 is 0 Å². The highest BCUT2D eigenvalue weighted by Crippen LogP contribution is 2.22. The Bertz CT molecular complexity index is 703. The predicted octanol–water partition coefficient (Wildman–Crippen LogP) is 3.55. The average Bonchev–Trinajstić information content (AvgIpc) is 2.49. The first-order valence-electron chi connectivity index (χ1n) is 6.17. The summed E-state index contributed by atoms with van der Waals surface area (Å²) in [5.74, 6) is -1.42. The van der Waals surface area contributed by atoms with Crippen LogP contribution < -0.4 is 5.32 Å². The van der Waals surface area contributed by atoms with Crippen LogP contribution in [0, 0.1) is 3.57 Å². The lowest BCUT2D eigenvalue weighted by Gasteiger charge is -2.08. The lowest BCUT2D eigenvalue weighted by Crippen LogP contribution is -2.21. The predicted molar refractivity (Wildman–Crippen MR) is 93.9 cm³/mol. The van der Waals surface area contributed by atoms with Crippen molar-refractivity contribution in [2.24, 2.45) is 0 Å². The van der Waals surface area contributed by atoms with Crippen molar-refractivity contribution < 1.29 is 19.4 Å². The Labute approximate surface area is 148 Å². The van der Waals surface area contributed by atoms with E-state index in [-0.39, 0.29) is 11.3 Å². The van der Waals surface area contributed by atoms with E-state index in [9.17, 15) is 14.7 Å². The third-order valence-corrected chi connectivity index (χ3v) is 3.85. The van der Waals surface area contributed by atoms with Crippen molar-refractivity contribution in [3.05, 3.63) is 56.1 Å². The molecule has 0 heterocycles. The number of rotatable bonds is 4. The Kier molecular flexibility index (Phi) is 5.78. The van der Waals surface area contributed by atoms with Crippen LogP contribution in [0.25, 0.3) is 0 Å². The Morgan fingerprint density at radius 1 is 1.18 bits per heavy atom. The molecular formula is C15H11BrINO4. The van der Waals surface area contributed by atoms with E-state index in [0.29, 0.717) is 10.2 Å². The second-order valence-electron chi connectivity index (χ2n) is 4.29. The van der Waals surface area contributed by atoms with Crippen LogP contribution in [0.5, 0.6) is 5.75 Å². The highest BCUT2D eigenvalue weighted by Gasteiger charge is 2.15. The monoisotopic (exact) mass is 475 g/mol. The zero-order valence-corrected chi connectivity index (χ0v) is 14.9. The van der Waals surface area contributed by atoms with Crippen LogP contribution in [0.2, 0.25) is 0 Å². The van der Waals surface area contributed by atoms with Gasteiger partial charge in [0.25, 0.3) is 5.91 Å². The molecule has 2 N–H and O–H groups in total. The molecule has 0 fully saturated rings. The molecule has 114 valence electrons. The van der Waals surface area contributed by atoms with E-state index in [1.807, 2.05) is 12.1 Å². The van der Waals surface area contributed by atoms with Crippen LogP contribution in [0.4, 0.5) is 5.69 Å². The quantitative estimate of drug-likeness (QED) is 0.523. The molecule has 0 spiro atoms. The Morgan fingerprint density at radius 2 is 1.86 bits per heavy atom. The normalized spacial score (nSPS) is 10.1. The number of hydrogen-bond acceptors (Lipinski definition) is 4. The molecule has 0 unspecified atom stereocenters. The van der Waals surface area contributed by atoms with Crippen LogP contribution >= 0.6 is 38.5 Å². The second kappa shape index (κ2) is 7.59. The molecule has 0 saturated heterocycles. The highest BCUT2D eigenvalue weighted by molar-refractivity contribution is 14.1. The van der Waals surface area contributed by atoms with Gasteiger partial charge in [-0.15, -0.1) is 0 Å². The molecule has 1 amide bonds. The maximum atomic E-state index is 11.8. The van der Waals surface area contributed by atoms with Gasteiger partial charge in [-0.1, -0.05) is 15.9 Å². The molecule has 0 atom stereocenters. The smallest absolute Gasteiger partial charge is 0.342 e. The maximum absolute atomic E-state index is 11.8. The van der Waals surface area contributed by atoms with Gasteiger partial charge in [-0.3, -0.25) is 4.79 Å². The number of anilines is 1. The van der Waals surface area contributed by atoms with Crippen LogP contribution in [0.3, 0.4) is 0 Å². The maximum Gasteiger partial charge on any atom is 0.342 e. The summed E-state index contributed by atoms with van der Waals surface area (Å²) in [7, 11) is 0. The van der Waals surface area contributed by atoms with Crippen molar-refractivity contribution in [2.75, 3.05) is 11.9 Å². The molecule has 0 aliphatic heterocycles. The number of phenolic OH excluding ortho intramolecular Hbond substituents is 1. The Balaban J connectivity index is 1.91. The minimum atomic E-state index is -0.767. The van der Waals surface area contributed by atoms with Crippen LogP contribution in [0.1, 0.15) is 10.4 Å². The molecule has 5 nitrogen and oxygen atoms in total. The largest absolute Gasteiger partial charge is 0.507 e. The van der Waals surface area contributed by atoms with Crippen molar-refractivity contribution in [3.63, 3.8) is 0 Å². The summed E-state index contributed by atoms with van der Waals surface area (Å²) in [6, 6.07) is 11.6. The van der Waals surface area contributed by atoms with E-state index in [2.05, 4.69) is 43.8 Å². The molecule has 0 aliphatic carbocycles. The van der Waals surface area contributed by atoms with Crippen LogP contribution in [-0.2, 0) is 9.53 Å². The van der Waals surface area contributed by atoms with E-state index in [1.54, 1.807) is 18.2 Å². The van der Waals surface area contributed by atoms with Crippen molar-refractivity contribution in [2.45, 2.75) is 0 Å². The minimum absolute atomic E-state index is 0.00330. The van der Waals surface area contributed by atoms with Crippen LogP contribution in [0.15, 0.2) is 46.9 Å². The molecule has 2 aromatic carbocycles. The number of esters is 1.